The van der Waals surface area contributed by atoms with E-state index < -0.39 is 0 Å². The molecule has 3 aromatic heterocycles. The van der Waals surface area contributed by atoms with Gasteiger partial charge in [-0.05, 0) is 30.4 Å². The van der Waals surface area contributed by atoms with Gasteiger partial charge >= 0.3 is 0 Å². The van der Waals surface area contributed by atoms with Gasteiger partial charge in [0.05, 0.1) is 4.88 Å². The van der Waals surface area contributed by atoms with Crippen molar-refractivity contribution in [2.24, 2.45) is 0 Å². The van der Waals surface area contributed by atoms with Crippen LogP contribution in [0.4, 0.5) is 5.82 Å². The van der Waals surface area contributed by atoms with Gasteiger partial charge in [-0.15, -0.1) is 11.3 Å². The summed E-state index contributed by atoms with van der Waals surface area (Å²) in [5.74, 6) is 1.85. The van der Waals surface area contributed by atoms with Crippen LogP contribution >= 0.6 is 11.3 Å². The van der Waals surface area contributed by atoms with E-state index in [4.69, 9.17) is 4.98 Å². The molecule has 3 heterocycles. The Morgan fingerprint density at radius 2 is 2.15 bits per heavy atom. The van der Waals surface area contributed by atoms with Crippen molar-refractivity contribution in [2.75, 3.05) is 5.32 Å². The van der Waals surface area contributed by atoms with Crippen molar-refractivity contribution < 1.29 is 0 Å². The lowest BCUT2D eigenvalue weighted by Crippen LogP contribution is -2.16. The van der Waals surface area contributed by atoms with Crippen LogP contribution in [0.2, 0.25) is 0 Å². The van der Waals surface area contributed by atoms with Crippen molar-refractivity contribution in [1.82, 2.24) is 14.4 Å². The lowest BCUT2D eigenvalue weighted by molar-refractivity contribution is 0.749. The molecule has 1 saturated carbocycles. The van der Waals surface area contributed by atoms with Crippen molar-refractivity contribution in [3.05, 3.63) is 36.0 Å². The Bertz CT molecular complexity index is 711. The zero-order valence-electron chi connectivity index (χ0n) is 11.1. The van der Waals surface area contributed by atoms with Gasteiger partial charge < -0.3 is 5.32 Å². The fourth-order valence-electron chi connectivity index (χ4n) is 2.87. The highest BCUT2D eigenvalue weighted by Gasteiger charge is 2.20. The third kappa shape index (κ3) is 1.98. The predicted octanol–water partition coefficient (Wildman–Crippen LogP) is 3.81. The van der Waals surface area contributed by atoms with Crippen LogP contribution in [0.1, 0.15) is 25.7 Å². The number of imidazole rings is 1. The van der Waals surface area contributed by atoms with Gasteiger partial charge in [0.15, 0.2) is 0 Å². The largest absolute Gasteiger partial charge is 0.367 e. The average molecular weight is 284 g/mol. The van der Waals surface area contributed by atoms with Crippen LogP contribution in [0.3, 0.4) is 0 Å². The Kier molecular flexibility index (Phi) is 2.92. The topological polar surface area (TPSA) is 42.2 Å². The van der Waals surface area contributed by atoms with Gasteiger partial charge in [0.25, 0.3) is 0 Å². The van der Waals surface area contributed by atoms with Crippen LogP contribution in [0, 0.1) is 0 Å². The first-order valence-corrected chi connectivity index (χ1v) is 7.93. The number of thiophene rings is 1. The molecule has 4 nitrogen and oxygen atoms in total. The molecule has 0 radical (unpaired) electrons. The Morgan fingerprint density at radius 1 is 1.25 bits per heavy atom. The van der Waals surface area contributed by atoms with E-state index in [9.17, 15) is 0 Å². The molecule has 4 rings (SSSR count). The molecule has 5 heteroatoms. The average Bonchev–Trinajstić information content (AvgIpc) is 3.19. The molecule has 0 aromatic carbocycles. The molecule has 0 saturated heterocycles. The summed E-state index contributed by atoms with van der Waals surface area (Å²) in [7, 11) is 0. The van der Waals surface area contributed by atoms with E-state index in [1.54, 1.807) is 17.5 Å². The second-order valence-corrected chi connectivity index (χ2v) is 6.15. The van der Waals surface area contributed by atoms with E-state index in [0.29, 0.717) is 6.04 Å². The maximum atomic E-state index is 4.70. The van der Waals surface area contributed by atoms with E-state index in [1.165, 1.54) is 30.6 Å². The molecule has 1 aliphatic carbocycles. The smallest absolute Gasteiger partial charge is 0.236 e. The first kappa shape index (κ1) is 11.9. The molecule has 102 valence electrons. The summed E-state index contributed by atoms with van der Waals surface area (Å²) in [6.45, 7) is 0. The van der Waals surface area contributed by atoms with E-state index >= 15 is 0 Å². The van der Waals surface area contributed by atoms with Crippen molar-refractivity contribution in [3.8, 4) is 10.6 Å². The van der Waals surface area contributed by atoms with Crippen LogP contribution < -0.4 is 5.32 Å². The quantitative estimate of drug-likeness (QED) is 0.795. The molecule has 3 aromatic rings. The molecule has 0 aliphatic heterocycles. The first-order chi connectivity index (χ1) is 9.92. The summed E-state index contributed by atoms with van der Waals surface area (Å²) in [6.07, 6.45) is 8.96. The number of nitrogens with one attached hydrogen (secondary N) is 1. The van der Waals surface area contributed by atoms with Crippen molar-refractivity contribution in [1.29, 1.82) is 0 Å². The molecular weight excluding hydrogens is 268 g/mol. The number of anilines is 1. The highest BCUT2D eigenvalue weighted by atomic mass is 32.1. The molecule has 0 atom stereocenters. The molecule has 0 spiro atoms. The number of rotatable bonds is 3. The number of hydrogen-bond donors (Lipinski definition) is 1. The summed E-state index contributed by atoms with van der Waals surface area (Å²) in [5.41, 5.74) is 1.02. The number of aromatic nitrogens is 3. The minimum Gasteiger partial charge on any atom is -0.367 e. The minimum atomic E-state index is 0.564. The van der Waals surface area contributed by atoms with E-state index in [-0.39, 0.29) is 0 Å². The lowest BCUT2D eigenvalue weighted by Gasteiger charge is -2.14. The SMILES string of the molecule is c1csc(-c2nc3ncccn3c2NC2CCCC2)c1. The molecule has 1 N–H and O–H groups in total. The first-order valence-electron chi connectivity index (χ1n) is 7.05. The molecule has 20 heavy (non-hydrogen) atoms. The van der Waals surface area contributed by atoms with Gasteiger partial charge in [-0.3, -0.25) is 4.40 Å². The molecule has 1 fully saturated rings. The zero-order chi connectivity index (χ0) is 13.4. The van der Waals surface area contributed by atoms with E-state index in [0.717, 1.165) is 17.3 Å². The van der Waals surface area contributed by atoms with E-state index in [1.807, 2.05) is 12.3 Å². The van der Waals surface area contributed by atoms with Crippen LogP contribution in [0.25, 0.3) is 16.3 Å². The second kappa shape index (κ2) is 4.90. The van der Waals surface area contributed by atoms with Gasteiger partial charge in [0.1, 0.15) is 11.5 Å². The zero-order valence-corrected chi connectivity index (χ0v) is 11.9. The van der Waals surface area contributed by atoms with Gasteiger partial charge in [0, 0.05) is 18.4 Å². The van der Waals surface area contributed by atoms with Crippen LogP contribution in [-0.4, -0.2) is 20.4 Å². The molecule has 0 bridgehead atoms. The minimum absolute atomic E-state index is 0.564. The number of fused-ring (bicyclic) bond motifs is 1. The highest BCUT2D eigenvalue weighted by molar-refractivity contribution is 7.13. The van der Waals surface area contributed by atoms with E-state index in [2.05, 4.69) is 32.2 Å². The summed E-state index contributed by atoms with van der Waals surface area (Å²) in [5, 5.41) is 5.78. The van der Waals surface area contributed by atoms with Crippen LogP contribution in [0.15, 0.2) is 36.0 Å². The lowest BCUT2D eigenvalue weighted by atomic mass is 10.2. The summed E-state index contributed by atoms with van der Waals surface area (Å²) in [6, 6.07) is 6.70. The van der Waals surface area contributed by atoms with Gasteiger partial charge in [-0.2, -0.15) is 0 Å². The van der Waals surface area contributed by atoms with Gasteiger partial charge in [-0.25, -0.2) is 9.97 Å². The maximum Gasteiger partial charge on any atom is 0.236 e. The fraction of sp³-hybridized carbons (Fsp3) is 0.333. The summed E-state index contributed by atoms with van der Waals surface area (Å²) >= 11 is 1.72. The van der Waals surface area contributed by atoms with Gasteiger partial charge in [-0.1, -0.05) is 18.9 Å². The predicted molar refractivity (Wildman–Crippen MR) is 82.2 cm³/mol. The third-order valence-corrected chi connectivity index (χ3v) is 4.73. The number of nitrogens with zero attached hydrogens (tertiary/aromatic N) is 3. The Labute approximate surface area is 121 Å². The molecule has 0 unspecified atom stereocenters. The monoisotopic (exact) mass is 284 g/mol. The standard InChI is InChI=1S/C15H16N4S/c1-2-6-11(5-1)17-14-13(12-7-3-10-20-12)18-15-16-8-4-9-19(14)15/h3-4,7-11,17H,1-2,5-6H2. The summed E-state index contributed by atoms with van der Waals surface area (Å²) < 4.78 is 2.06. The normalized spacial score (nSPS) is 16.0. The second-order valence-electron chi connectivity index (χ2n) is 5.20. The Morgan fingerprint density at radius 3 is 2.95 bits per heavy atom. The highest BCUT2D eigenvalue weighted by Crippen LogP contribution is 2.33. The Balaban J connectivity index is 1.84. The van der Waals surface area contributed by atoms with Gasteiger partial charge in [0.2, 0.25) is 5.78 Å². The number of hydrogen-bond acceptors (Lipinski definition) is 4. The van der Waals surface area contributed by atoms with Crippen molar-refractivity contribution >= 4 is 22.9 Å². The van der Waals surface area contributed by atoms with Crippen LogP contribution in [0.5, 0.6) is 0 Å². The Hall–Kier alpha value is -1.88. The maximum absolute atomic E-state index is 4.70. The molecule has 0 amide bonds. The van der Waals surface area contributed by atoms with Crippen molar-refractivity contribution in [3.63, 3.8) is 0 Å². The molecule has 1 aliphatic rings. The summed E-state index contributed by atoms with van der Waals surface area (Å²) in [4.78, 5) is 10.3. The van der Waals surface area contributed by atoms with Crippen LogP contribution in [-0.2, 0) is 0 Å². The fourth-order valence-corrected chi connectivity index (χ4v) is 3.59. The third-order valence-electron chi connectivity index (χ3n) is 3.85. The molecular formula is C15H16N4S. The van der Waals surface area contributed by atoms with Crippen molar-refractivity contribution in [2.45, 2.75) is 31.7 Å².